The highest BCUT2D eigenvalue weighted by atomic mass is 16.1. The maximum atomic E-state index is 11.8. The van der Waals surface area contributed by atoms with Crippen LogP contribution in [-0.2, 0) is 13.6 Å². The maximum Gasteiger partial charge on any atom is 0.268 e. The fourth-order valence-corrected chi connectivity index (χ4v) is 1.67. The highest BCUT2D eigenvalue weighted by molar-refractivity contribution is 5.92. The lowest BCUT2D eigenvalue weighted by Crippen LogP contribution is -2.24. The summed E-state index contributed by atoms with van der Waals surface area (Å²) in [7, 11) is 1.83. The zero-order valence-corrected chi connectivity index (χ0v) is 10.1. The quantitative estimate of drug-likeness (QED) is 0.888. The van der Waals surface area contributed by atoms with Gasteiger partial charge in [0.1, 0.15) is 5.69 Å². The number of carbonyl (C=O) groups excluding carboxylic acids is 1. The molecule has 1 aromatic heterocycles. The van der Waals surface area contributed by atoms with Crippen LogP contribution in [0.4, 0.5) is 0 Å². The molecule has 2 rings (SSSR count). The van der Waals surface area contributed by atoms with E-state index in [1.54, 1.807) is 22.8 Å². The molecule has 0 aliphatic rings. The Morgan fingerprint density at radius 1 is 1.33 bits per heavy atom. The molecule has 0 bridgehead atoms. The Hall–Kier alpha value is -2.54. The Kier molecular flexibility index (Phi) is 3.44. The monoisotopic (exact) mass is 239 g/mol. The number of aromatic nitrogens is 1. The summed E-state index contributed by atoms with van der Waals surface area (Å²) >= 11 is 0. The van der Waals surface area contributed by atoms with Gasteiger partial charge < -0.3 is 9.88 Å². The first-order chi connectivity index (χ1) is 8.70. The summed E-state index contributed by atoms with van der Waals surface area (Å²) in [6.07, 6.45) is 1.83. The summed E-state index contributed by atoms with van der Waals surface area (Å²) in [6, 6.07) is 12.8. The predicted octanol–water partition coefficient (Wildman–Crippen LogP) is 1.83. The topological polar surface area (TPSA) is 57.8 Å². The zero-order chi connectivity index (χ0) is 13.0. The van der Waals surface area contributed by atoms with Crippen molar-refractivity contribution >= 4 is 5.91 Å². The lowest BCUT2D eigenvalue weighted by Gasteiger charge is -2.06. The third kappa shape index (κ3) is 2.58. The second-order valence-corrected chi connectivity index (χ2v) is 4.00. The van der Waals surface area contributed by atoms with E-state index in [0.29, 0.717) is 17.8 Å². The SMILES string of the molecule is Cn1cccc1C(=O)NCc1ccc(C#N)cc1. The van der Waals surface area contributed by atoms with Crippen LogP contribution in [0.1, 0.15) is 21.6 Å². The Morgan fingerprint density at radius 2 is 2.06 bits per heavy atom. The molecule has 0 radical (unpaired) electrons. The number of benzene rings is 1. The molecule has 1 aromatic carbocycles. The molecule has 0 fully saturated rings. The number of aryl methyl sites for hydroxylation is 1. The van der Waals surface area contributed by atoms with Crippen LogP contribution in [0.2, 0.25) is 0 Å². The van der Waals surface area contributed by atoms with E-state index >= 15 is 0 Å². The van der Waals surface area contributed by atoms with Gasteiger partial charge in [-0.1, -0.05) is 12.1 Å². The van der Waals surface area contributed by atoms with Gasteiger partial charge in [0.05, 0.1) is 11.6 Å². The smallest absolute Gasteiger partial charge is 0.268 e. The third-order valence-corrected chi connectivity index (χ3v) is 2.71. The summed E-state index contributed by atoms with van der Waals surface area (Å²) in [5, 5.41) is 11.5. The standard InChI is InChI=1S/C14H13N3O/c1-17-8-2-3-13(17)14(18)16-10-12-6-4-11(9-15)5-7-12/h2-8H,10H2,1H3,(H,16,18). The summed E-state index contributed by atoms with van der Waals surface area (Å²) in [6.45, 7) is 0.454. The van der Waals surface area contributed by atoms with Gasteiger partial charge >= 0.3 is 0 Å². The molecule has 2 aromatic rings. The number of amides is 1. The number of nitrogens with one attached hydrogen (secondary N) is 1. The molecule has 4 nitrogen and oxygen atoms in total. The fraction of sp³-hybridized carbons (Fsp3) is 0.143. The minimum Gasteiger partial charge on any atom is -0.347 e. The highest BCUT2D eigenvalue weighted by Gasteiger charge is 2.07. The molecule has 1 amide bonds. The Labute approximate surface area is 105 Å². The molecule has 18 heavy (non-hydrogen) atoms. The van der Waals surface area contributed by atoms with Crippen LogP contribution < -0.4 is 5.32 Å². The largest absolute Gasteiger partial charge is 0.347 e. The Bertz CT molecular complexity index is 590. The average molecular weight is 239 g/mol. The van der Waals surface area contributed by atoms with Crippen molar-refractivity contribution in [3.05, 3.63) is 59.4 Å². The van der Waals surface area contributed by atoms with Gasteiger partial charge in [-0.2, -0.15) is 5.26 Å². The highest BCUT2D eigenvalue weighted by Crippen LogP contribution is 2.04. The molecule has 0 unspecified atom stereocenters. The molecule has 0 saturated heterocycles. The first-order valence-electron chi connectivity index (χ1n) is 5.59. The van der Waals surface area contributed by atoms with Gasteiger partial charge in [-0.3, -0.25) is 4.79 Å². The van der Waals surface area contributed by atoms with Gasteiger partial charge in [-0.05, 0) is 29.8 Å². The van der Waals surface area contributed by atoms with E-state index in [2.05, 4.69) is 11.4 Å². The molecule has 1 heterocycles. The van der Waals surface area contributed by atoms with Crippen LogP contribution in [-0.4, -0.2) is 10.5 Å². The van der Waals surface area contributed by atoms with Crippen LogP contribution >= 0.6 is 0 Å². The van der Waals surface area contributed by atoms with Crippen LogP contribution in [0.25, 0.3) is 0 Å². The second kappa shape index (κ2) is 5.19. The van der Waals surface area contributed by atoms with Gasteiger partial charge in [0, 0.05) is 19.8 Å². The van der Waals surface area contributed by atoms with E-state index in [4.69, 9.17) is 5.26 Å². The molecular formula is C14H13N3O. The lowest BCUT2D eigenvalue weighted by molar-refractivity contribution is 0.0943. The Morgan fingerprint density at radius 3 is 2.61 bits per heavy atom. The third-order valence-electron chi connectivity index (χ3n) is 2.71. The zero-order valence-electron chi connectivity index (χ0n) is 10.1. The summed E-state index contributed by atoms with van der Waals surface area (Å²) in [5.74, 6) is -0.105. The summed E-state index contributed by atoms with van der Waals surface area (Å²) < 4.78 is 1.77. The van der Waals surface area contributed by atoms with E-state index in [9.17, 15) is 4.79 Å². The van der Waals surface area contributed by atoms with E-state index in [1.165, 1.54) is 0 Å². The first-order valence-corrected chi connectivity index (χ1v) is 5.59. The molecule has 0 saturated carbocycles. The number of hydrogen-bond acceptors (Lipinski definition) is 2. The van der Waals surface area contributed by atoms with Gasteiger partial charge in [0.25, 0.3) is 5.91 Å². The number of carbonyl (C=O) groups is 1. The van der Waals surface area contributed by atoms with E-state index in [0.717, 1.165) is 5.56 Å². The first kappa shape index (κ1) is 11.9. The Balaban J connectivity index is 1.97. The van der Waals surface area contributed by atoms with E-state index in [-0.39, 0.29) is 5.91 Å². The average Bonchev–Trinajstić information content (AvgIpc) is 2.83. The summed E-state index contributed by atoms with van der Waals surface area (Å²) in [4.78, 5) is 11.8. The number of nitriles is 1. The molecule has 0 spiro atoms. The normalized spacial score (nSPS) is 9.78. The molecule has 0 atom stereocenters. The van der Waals surface area contributed by atoms with Gasteiger partial charge in [-0.25, -0.2) is 0 Å². The van der Waals surface area contributed by atoms with Crippen LogP contribution in [0, 0.1) is 11.3 Å². The second-order valence-electron chi connectivity index (χ2n) is 4.00. The molecule has 90 valence electrons. The van der Waals surface area contributed by atoms with Gasteiger partial charge in [0.15, 0.2) is 0 Å². The lowest BCUT2D eigenvalue weighted by atomic mass is 10.1. The van der Waals surface area contributed by atoms with Crippen molar-refractivity contribution in [3.63, 3.8) is 0 Å². The number of nitrogens with zero attached hydrogens (tertiary/aromatic N) is 2. The van der Waals surface area contributed by atoms with Crippen molar-refractivity contribution in [1.29, 1.82) is 5.26 Å². The molecule has 4 heteroatoms. The van der Waals surface area contributed by atoms with Crippen LogP contribution in [0.5, 0.6) is 0 Å². The molecular weight excluding hydrogens is 226 g/mol. The molecule has 0 aliphatic carbocycles. The van der Waals surface area contributed by atoms with Crippen molar-refractivity contribution in [1.82, 2.24) is 9.88 Å². The maximum absolute atomic E-state index is 11.8. The van der Waals surface area contributed by atoms with E-state index < -0.39 is 0 Å². The molecule has 1 N–H and O–H groups in total. The van der Waals surface area contributed by atoms with Gasteiger partial charge in [-0.15, -0.1) is 0 Å². The van der Waals surface area contributed by atoms with Gasteiger partial charge in [0.2, 0.25) is 0 Å². The van der Waals surface area contributed by atoms with Crippen molar-refractivity contribution in [2.75, 3.05) is 0 Å². The van der Waals surface area contributed by atoms with Crippen LogP contribution in [0.3, 0.4) is 0 Å². The van der Waals surface area contributed by atoms with Crippen LogP contribution in [0.15, 0.2) is 42.6 Å². The van der Waals surface area contributed by atoms with Crippen molar-refractivity contribution in [2.45, 2.75) is 6.54 Å². The number of rotatable bonds is 3. The minimum atomic E-state index is -0.105. The number of hydrogen-bond donors (Lipinski definition) is 1. The summed E-state index contributed by atoms with van der Waals surface area (Å²) in [5.41, 5.74) is 2.22. The molecule has 0 aliphatic heterocycles. The van der Waals surface area contributed by atoms with E-state index in [1.807, 2.05) is 31.4 Å². The fourth-order valence-electron chi connectivity index (χ4n) is 1.67. The van der Waals surface area contributed by atoms with Crippen molar-refractivity contribution in [2.24, 2.45) is 7.05 Å². The van der Waals surface area contributed by atoms with Crippen molar-refractivity contribution in [3.8, 4) is 6.07 Å². The predicted molar refractivity (Wildman–Crippen MR) is 67.7 cm³/mol. The van der Waals surface area contributed by atoms with Crippen molar-refractivity contribution < 1.29 is 4.79 Å². The minimum absolute atomic E-state index is 0.105.